The van der Waals surface area contributed by atoms with Gasteiger partial charge in [0.15, 0.2) is 0 Å². The molecule has 2 heterocycles. The third-order valence-electron chi connectivity index (χ3n) is 2.21. The summed E-state index contributed by atoms with van der Waals surface area (Å²) >= 11 is 5.09. The third-order valence-corrected chi connectivity index (χ3v) is 3.68. The van der Waals surface area contributed by atoms with Crippen molar-refractivity contribution in [1.82, 2.24) is 15.4 Å². The Labute approximate surface area is 106 Å². The first-order chi connectivity index (χ1) is 7.81. The predicted octanol–water partition coefficient (Wildman–Crippen LogP) is 2.05. The number of hydrogen-bond acceptors (Lipinski definition) is 5. The van der Waals surface area contributed by atoms with Crippen LogP contribution in [0.4, 0.5) is 0 Å². The van der Waals surface area contributed by atoms with E-state index in [4.69, 9.17) is 5.84 Å². The molecule has 2 aromatic rings. The van der Waals surface area contributed by atoms with Crippen molar-refractivity contribution in [1.29, 1.82) is 0 Å². The van der Waals surface area contributed by atoms with Gasteiger partial charge in [-0.15, -0.1) is 11.3 Å². The molecule has 1 unspecified atom stereocenters. The summed E-state index contributed by atoms with van der Waals surface area (Å²) in [5.41, 5.74) is 5.51. The number of pyridine rings is 1. The van der Waals surface area contributed by atoms with E-state index in [1.165, 1.54) is 4.88 Å². The Morgan fingerprint density at radius 3 is 3.06 bits per heavy atom. The number of rotatable bonds is 4. The van der Waals surface area contributed by atoms with Gasteiger partial charge in [-0.1, -0.05) is 0 Å². The van der Waals surface area contributed by atoms with Crippen LogP contribution < -0.4 is 11.3 Å². The lowest BCUT2D eigenvalue weighted by Crippen LogP contribution is -2.30. The van der Waals surface area contributed by atoms with Crippen LogP contribution in [0.5, 0.6) is 0 Å². The Morgan fingerprint density at radius 2 is 2.44 bits per heavy atom. The van der Waals surface area contributed by atoms with E-state index < -0.39 is 0 Å². The normalized spacial score (nSPS) is 12.6. The Balaban J connectivity index is 2.20. The summed E-state index contributed by atoms with van der Waals surface area (Å²) in [4.78, 5) is 9.55. The van der Waals surface area contributed by atoms with Gasteiger partial charge in [0.1, 0.15) is 0 Å². The Hall–Kier alpha value is -0.820. The number of aromatic nitrogens is 2. The summed E-state index contributed by atoms with van der Waals surface area (Å²) in [5, 5.41) is 0. The molecule has 0 aliphatic carbocycles. The first kappa shape index (κ1) is 11.7. The van der Waals surface area contributed by atoms with E-state index in [0.717, 1.165) is 16.6 Å². The van der Waals surface area contributed by atoms with Gasteiger partial charge in [0, 0.05) is 28.2 Å². The molecule has 0 saturated heterocycles. The highest BCUT2D eigenvalue weighted by molar-refractivity contribution is 9.10. The van der Waals surface area contributed by atoms with Crippen LogP contribution >= 0.6 is 27.3 Å². The first-order valence-corrected chi connectivity index (χ1v) is 6.42. The molecule has 0 saturated carbocycles. The highest BCUT2D eigenvalue weighted by Crippen LogP contribution is 2.24. The molecule has 4 nitrogen and oxygen atoms in total. The Morgan fingerprint density at radius 1 is 1.56 bits per heavy atom. The van der Waals surface area contributed by atoms with Crippen LogP contribution in [-0.2, 0) is 6.42 Å². The van der Waals surface area contributed by atoms with Crippen molar-refractivity contribution >= 4 is 27.3 Å². The maximum atomic E-state index is 5.56. The first-order valence-electron chi connectivity index (χ1n) is 4.75. The van der Waals surface area contributed by atoms with Crippen molar-refractivity contribution in [3.63, 3.8) is 0 Å². The SMILES string of the molecule is NNC(Cc1cncs1)c1ncccc1Br. The summed E-state index contributed by atoms with van der Waals surface area (Å²) in [5.74, 6) is 5.56. The maximum Gasteiger partial charge on any atom is 0.0794 e. The van der Waals surface area contributed by atoms with Crippen molar-refractivity contribution in [2.45, 2.75) is 12.5 Å². The van der Waals surface area contributed by atoms with Crippen LogP contribution in [0.25, 0.3) is 0 Å². The van der Waals surface area contributed by atoms with Crippen molar-refractivity contribution in [2.24, 2.45) is 5.84 Å². The van der Waals surface area contributed by atoms with Crippen molar-refractivity contribution < 1.29 is 0 Å². The van der Waals surface area contributed by atoms with E-state index in [9.17, 15) is 0 Å². The van der Waals surface area contributed by atoms with E-state index in [2.05, 4.69) is 31.3 Å². The lowest BCUT2D eigenvalue weighted by Gasteiger charge is -2.15. The van der Waals surface area contributed by atoms with Gasteiger partial charge in [-0.05, 0) is 28.1 Å². The number of nitrogens with one attached hydrogen (secondary N) is 1. The second-order valence-electron chi connectivity index (χ2n) is 3.26. The van der Waals surface area contributed by atoms with Gasteiger partial charge in [0.05, 0.1) is 17.2 Å². The molecule has 3 N–H and O–H groups in total. The second kappa shape index (κ2) is 5.49. The van der Waals surface area contributed by atoms with Gasteiger partial charge in [0.25, 0.3) is 0 Å². The summed E-state index contributed by atoms with van der Waals surface area (Å²) in [6.45, 7) is 0. The maximum absolute atomic E-state index is 5.56. The van der Waals surface area contributed by atoms with E-state index in [1.807, 2.05) is 23.8 Å². The largest absolute Gasteiger partial charge is 0.271 e. The zero-order valence-electron chi connectivity index (χ0n) is 8.43. The number of hydrogen-bond donors (Lipinski definition) is 2. The fourth-order valence-corrected chi connectivity index (χ4v) is 2.61. The predicted molar refractivity (Wildman–Crippen MR) is 67.8 cm³/mol. The molecule has 0 aromatic carbocycles. The van der Waals surface area contributed by atoms with Crippen LogP contribution in [0, 0.1) is 0 Å². The topological polar surface area (TPSA) is 63.8 Å². The fraction of sp³-hybridized carbons (Fsp3) is 0.200. The summed E-state index contributed by atoms with van der Waals surface area (Å²) in [6.07, 6.45) is 4.40. The molecule has 0 radical (unpaired) electrons. The monoisotopic (exact) mass is 298 g/mol. The molecule has 0 amide bonds. The molecule has 0 bridgehead atoms. The standard InChI is InChI=1S/C10H11BrN4S/c11-8-2-1-3-14-10(8)9(15-12)4-7-5-13-6-16-7/h1-3,5-6,9,15H,4,12H2. The number of hydrazine groups is 1. The van der Waals surface area contributed by atoms with Gasteiger partial charge in [-0.25, -0.2) is 0 Å². The molecule has 16 heavy (non-hydrogen) atoms. The van der Waals surface area contributed by atoms with E-state index in [1.54, 1.807) is 17.5 Å². The van der Waals surface area contributed by atoms with Crippen molar-refractivity contribution in [3.05, 3.63) is 45.1 Å². The minimum absolute atomic E-state index is 0.00368. The molecule has 0 fully saturated rings. The molecule has 1 atom stereocenters. The fourth-order valence-electron chi connectivity index (χ4n) is 1.43. The number of thiazole rings is 1. The quantitative estimate of drug-likeness (QED) is 0.670. The van der Waals surface area contributed by atoms with Crippen LogP contribution in [0.1, 0.15) is 16.6 Å². The molecule has 2 rings (SSSR count). The van der Waals surface area contributed by atoms with E-state index in [-0.39, 0.29) is 6.04 Å². The minimum atomic E-state index is -0.00368. The molecular formula is C10H11BrN4S. The zero-order valence-corrected chi connectivity index (χ0v) is 10.8. The number of nitrogens with zero attached hydrogens (tertiary/aromatic N) is 2. The molecule has 2 aromatic heterocycles. The molecule has 0 aliphatic heterocycles. The average Bonchev–Trinajstić information content (AvgIpc) is 2.80. The molecule has 84 valence electrons. The average molecular weight is 299 g/mol. The van der Waals surface area contributed by atoms with Gasteiger partial charge in [-0.2, -0.15) is 0 Å². The van der Waals surface area contributed by atoms with E-state index >= 15 is 0 Å². The third kappa shape index (κ3) is 2.65. The van der Waals surface area contributed by atoms with Gasteiger partial charge >= 0.3 is 0 Å². The second-order valence-corrected chi connectivity index (χ2v) is 5.09. The van der Waals surface area contributed by atoms with Crippen molar-refractivity contribution in [3.8, 4) is 0 Å². The lowest BCUT2D eigenvalue weighted by molar-refractivity contribution is 0.539. The van der Waals surface area contributed by atoms with Gasteiger partial charge in [0.2, 0.25) is 0 Å². The molecule has 0 aliphatic rings. The Bertz CT molecular complexity index is 446. The molecule has 0 spiro atoms. The highest BCUT2D eigenvalue weighted by atomic mass is 79.9. The molecular weight excluding hydrogens is 288 g/mol. The van der Waals surface area contributed by atoms with Gasteiger partial charge < -0.3 is 0 Å². The number of nitrogens with two attached hydrogens (primary N) is 1. The Kier molecular flexibility index (Phi) is 4.00. The van der Waals surface area contributed by atoms with Gasteiger partial charge in [-0.3, -0.25) is 21.2 Å². The van der Waals surface area contributed by atoms with Crippen LogP contribution in [0.15, 0.2) is 34.5 Å². The van der Waals surface area contributed by atoms with E-state index in [0.29, 0.717) is 0 Å². The zero-order chi connectivity index (χ0) is 11.4. The van der Waals surface area contributed by atoms with Crippen LogP contribution in [-0.4, -0.2) is 9.97 Å². The smallest absolute Gasteiger partial charge is 0.0794 e. The highest BCUT2D eigenvalue weighted by Gasteiger charge is 2.15. The van der Waals surface area contributed by atoms with Crippen LogP contribution in [0.2, 0.25) is 0 Å². The summed E-state index contributed by atoms with van der Waals surface area (Å²) in [6, 6.07) is 3.84. The summed E-state index contributed by atoms with van der Waals surface area (Å²) in [7, 11) is 0. The van der Waals surface area contributed by atoms with Crippen LogP contribution in [0.3, 0.4) is 0 Å². The molecule has 6 heteroatoms. The van der Waals surface area contributed by atoms with Crippen molar-refractivity contribution in [2.75, 3.05) is 0 Å². The minimum Gasteiger partial charge on any atom is -0.271 e. The lowest BCUT2D eigenvalue weighted by atomic mass is 10.1. The summed E-state index contributed by atoms with van der Waals surface area (Å²) < 4.78 is 0.961. The number of halogens is 1.